The van der Waals surface area contributed by atoms with Crippen molar-refractivity contribution in [3.63, 3.8) is 0 Å². The normalized spacial score (nSPS) is 13.1. The van der Waals surface area contributed by atoms with Crippen LogP contribution in [0.3, 0.4) is 0 Å². The Labute approximate surface area is 116 Å². The smallest absolute Gasteiger partial charge is 0.346 e. The summed E-state index contributed by atoms with van der Waals surface area (Å²) in [7, 11) is 0. The van der Waals surface area contributed by atoms with Crippen LogP contribution in [0.15, 0.2) is 24.3 Å². The van der Waals surface area contributed by atoms with Gasteiger partial charge in [-0.15, -0.1) is 0 Å². The minimum Gasteiger partial charge on any atom is -0.346 e. The molecule has 0 bridgehead atoms. The van der Waals surface area contributed by atoms with E-state index in [0.29, 0.717) is 6.54 Å². The van der Waals surface area contributed by atoms with Crippen LogP contribution in [0, 0.1) is 6.92 Å². The molecule has 112 valence electrons. The van der Waals surface area contributed by atoms with Crippen molar-refractivity contribution in [1.29, 1.82) is 0 Å². The molecule has 0 fully saturated rings. The van der Waals surface area contributed by atoms with Crippen LogP contribution >= 0.6 is 0 Å². The predicted octanol–water partition coefficient (Wildman–Crippen LogP) is 2.19. The summed E-state index contributed by atoms with van der Waals surface area (Å²) in [6, 6.07) is 7.30. The van der Waals surface area contributed by atoms with Gasteiger partial charge in [0.05, 0.1) is 6.04 Å². The Morgan fingerprint density at radius 1 is 1.35 bits per heavy atom. The van der Waals surface area contributed by atoms with Crippen LogP contribution in [0.1, 0.15) is 18.1 Å². The lowest BCUT2D eigenvalue weighted by molar-refractivity contribution is -0.139. The zero-order chi connectivity index (χ0) is 15.2. The van der Waals surface area contributed by atoms with Crippen LogP contribution in [-0.4, -0.2) is 31.2 Å². The summed E-state index contributed by atoms with van der Waals surface area (Å²) in [5.41, 5.74) is 2.28. The van der Waals surface area contributed by atoms with E-state index in [4.69, 9.17) is 0 Å². The lowest BCUT2D eigenvalue weighted by Gasteiger charge is -2.15. The summed E-state index contributed by atoms with van der Waals surface area (Å²) in [5.74, 6) is -0.647. The zero-order valence-corrected chi connectivity index (χ0v) is 11.6. The molecule has 0 aliphatic carbocycles. The van der Waals surface area contributed by atoms with Crippen molar-refractivity contribution in [1.82, 2.24) is 10.6 Å². The number of aryl methyl sites for hydroxylation is 1. The first-order chi connectivity index (χ1) is 9.28. The highest BCUT2D eigenvalue weighted by Crippen LogP contribution is 2.12. The van der Waals surface area contributed by atoms with E-state index in [1.807, 2.05) is 36.5 Å². The molecule has 1 aromatic rings. The summed E-state index contributed by atoms with van der Waals surface area (Å²) in [6.45, 7) is 2.77. The first-order valence-corrected chi connectivity index (χ1v) is 6.41. The maximum Gasteiger partial charge on any atom is 0.405 e. The summed E-state index contributed by atoms with van der Waals surface area (Å²) in [5, 5.41) is 4.76. The molecule has 1 aromatic carbocycles. The Kier molecular flexibility index (Phi) is 6.01. The largest absolute Gasteiger partial charge is 0.405 e. The third-order valence-electron chi connectivity index (χ3n) is 2.80. The first kappa shape index (κ1) is 16.5. The molecule has 0 aromatic heterocycles. The van der Waals surface area contributed by atoms with E-state index in [9.17, 15) is 18.0 Å². The van der Waals surface area contributed by atoms with Gasteiger partial charge in [-0.1, -0.05) is 29.8 Å². The van der Waals surface area contributed by atoms with Gasteiger partial charge in [0.1, 0.15) is 6.54 Å². The van der Waals surface area contributed by atoms with Crippen molar-refractivity contribution in [2.75, 3.05) is 13.1 Å². The molecule has 0 aliphatic heterocycles. The van der Waals surface area contributed by atoms with Gasteiger partial charge in [0.2, 0.25) is 5.91 Å². The third kappa shape index (κ3) is 6.56. The van der Waals surface area contributed by atoms with Gasteiger partial charge in [-0.3, -0.25) is 4.79 Å². The highest BCUT2D eigenvalue weighted by atomic mass is 19.4. The summed E-state index contributed by atoms with van der Waals surface area (Å²) in [4.78, 5) is 11.4. The number of hydrogen-bond donors (Lipinski definition) is 2. The van der Waals surface area contributed by atoms with Gasteiger partial charge in [-0.25, -0.2) is 0 Å². The summed E-state index contributed by atoms with van der Waals surface area (Å²) < 4.78 is 35.9. The summed E-state index contributed by atoms with van der Waals surface area (Å²) in [6.07, 6.45) is -3.66. The van der Waals surface area contributed by atoms with Crippen LogP contribution in [0.25, 0.3) is 0 Å². The Morgan fingerprint density at radius 3 is 2.65 bits per heavy atom. The van der Waals surface area contributed by atoms with Crippen molar-refractivity contribution >= 4 is 5.91 Å². The van der Waals surface area contributed by atoms with Gasteiger partial charge in [-0.2, -0.15) is 13.2 Å². The second-order valence-electron chi connectivity index (χ2n) is 4.75. The Hall–Kier alpha value is -1.56. The van der Waals surface area contributed by atoms with Crippen LogP contribution in [0.4, 0.5) is 13.2 Å². The maximum atomic E-state index is 12.0. The molecule has 1 rings (SSSR count). The number of halogens is 3. The van der Waals surface area contributed by atoms with Gasteiger partial charge in [0.25, 0.3) is 0 Å². The van der Waals surface area contributed by atoms with E-state index >= 15 is 0 Å². The molecule has 1 amide bonds. The highest BCUT2D eigenvalue weighted by Gasteiger charge is 2.28. The lowest BCUT2D eigenvalue weighted by Crippen LogP contribution is -2.45. The van der Waals surface area contributed by atoms with Crippen molar-refractivity contribution in [2.45, 2.75) is 32.5 Å². The van der Waals surface area contributed by atoms with Crippen LogP contribution in [-0.2, 0) is 11.2 Å². The van der Waals surface area contributed by atoms with E-state index in [0.717, 1.165) is 17.5 Å². The predicted molar refractivity (Wildman–Crippen MR) is 71.4 cm³/mol. The monoisotopic (exact) mass is 288 g/mol. The molecule has 0 saturated carbocycles. The maximum absolute atomic E-state index is 12.0. The molecule has 3 nitrogen and oxygen atoms in total. The number of benzene rings is 1. The Morgan fingerprint density at radius 2 is 2.05 bits per heavy atom. The van der Waals surface area contributed by atoms with E-state index in [1.165, 1.54) is 0 Å². The van der Waals surface area contributed by atoms with Gasteiger partial charge in [0, 0.05) is 0 Å². The average Bonchev–Trinajstić information content (AvgIpc) is 2.35. The minimum atomic E-state index is -4.38. The first-order valence-electron chi connectivity index (χ1n) is 6.41. The molecule has 0 heterocycles. The molecule has 0 spiro atoms. The second kappa shape index (κ2) is 7.28. The quantitative estimate of drug-likeness (QED) is 0.842. The number of hydrogen-bond acceptors (Lipinski definition) is 2. The number of amides is 1. The van der Waals surface area contributed by atoms with Crippen molar-refractivity contribution < 1.29 is 18.0 Å². The van der Waals surface area contributed by atoms with Crippen molar-refractivity contribution in [3.05, 3.63) is 35.4 Å². The molecular formula is C14H19F3N2O. The second-order valence-corrected chi connectivity index (χ2v) is 4.75. The topological polar surface area (TPSA) is 41.1 Å². The minimum absolute atomic E-state index is 0.532. The van der Waals surface area contributed by atoms with Gasteiger partial charge in [0.15, 0.2) is 0 Å². The number of carbonyl (C=O) groups is 1. The van der Waals surface area contributed by atoms with Gasteiger partial charge in [-0.05, 0) is 32.4 Å². The fraction of sp³-hybridized carbons (Fsp3) is 0.500. The van der Waals surface area contributed by atoms with Crippen LogP contribution < -0.4 is 10.6 Å². The molecular weight excluding hydrogens is 269 g/mol. The molecule has 20 heavy (non-hydrogen) atoms. The fourth-order valence-corrected chi connectivity index (χ4v) is 1.73. The molecule has 2 N–H and O–H groups in total. The van der Waals surface area contributed by atoms with Crippen molar-refractivity contribution in [2.24, 2.45) is 0 Å². The molecule has 6 heteroatoms. The number of carbonyl (C=O) groups excluding carboxylic acids is 1. The van der Waals surface area contributed by atoms with Crippen LogP contribution in [0.2, 0.25) is 0 Å². The molecule has 1 atom stereocenters. The number of nitrogens with one attached hydrogen (secondary N) is 2. The van der Waals surface area contributed by atoms with Crippen LogP contribution in [0.5, 0.6) is 0 Å². The summed E-state index contributed by atoms with van der Waals surface area (Å²) >= 11 is 0. The van der Waals surface area contributed by atoms with E-state index in [1.54, 1.807) is 6.92 Å². The number of rotatable bonds is 6. The van der Waals surface area contributed by atoms with E-state index in [-0.39, 0.29) is 0 Å². The Bertz CT molecular complexity index is 446. The molecule has 1 unspecified atom stereocenters. The highest BCUT2D eigenvalue weighted by molar-refractivity contribution is 5.81. The average molecular weight is 288 g/mol. The molecule has 0 saturated heterocycles. The molecule has 0 radical (unpaired) electrons. The standard InChI is InChI=1S/C14H19F3N2O/c1-10-4-3-5-12(8-10)6-7-18-11(2)13(20)19-9-14(15,16)17/h3-5,8,11,18H,6-7,9H2,1-2H3,(H,19,20). The van der Waals surface area contributed by atoms with E-state index < -0.39 is 24.7 Å². The lowest BCUT2D eigenvalue weighted by atomic mass is 10.1. The van der Waals surface area contributed by atoms with Gasteiger partial charge < -0.3 is 10.6 Å². The zero-order valence-electron chi connectivity index (χ0n) is 11.6. The Balaban J connectivity index is 2.29. The van der Waals surface area contributed by atoms with Gasteiger partial charge >= 0.3 is 6.18 Å². The number of alkyl halides is 3. The van der Waals surface area contributed by atoms with E-state index in [2.05, 4.69) is 5.32 Å². The van der Waals surface area contributed by atoms with Crippen molar-refractivity contribution in [3.8, 4) is 0 Å². The fourth-order valence-electron chi connectivity index (χ4n) is 1.73. The molecule has 0 aliphatic rings. The SMILES string of the molecule is Cc1cccc(CCNC(C)C(=O)NCC(F)(F)F)c1. The third-order valence-corrected chi connectivity index (χ3v) is 2.80.